The summed E-state index contributed by atoms with van der Waals surface area (Å²) in [7, 11) is -1.38. The summed E-state index contributed by atoms with van der Waals surface area (Å²) in [5, 5.41) is 1.28. The molecule has 0 aliphatic heterocycles. The molecule has 0 bridgehead atoms. The van der Waals surface area contributed by atoms with Gasteiger partial charge in [-0.2, -0.15) is 0 Å². The summed E-state index contributed by atoms with van der Waals surface area (Å²) >= 11 is 18.1. The zero-order valence-corrected chi connectivity index (χ0v) is 12.8. The average Bonchev–Trinajstić information content (AvgIpc) is 2.33. The second-order valence-electron chi connectivity index (χ2n) is 3.89. The lowest BCUT2D eigenvalue weighted by Crippen LogP contribution is -2.00. The van der Waals surface area contributed by atoms with Gasteiger partial charge >= 0.3 is 0 Å². The summed E-state index contributed by atoms with van der Waals surface area (Å²) in [5.41, 5.74) is 6.97. The van der Waals surface area contributed by atoms with Crippen molar-refractivity contribution in [2.24, 2.45) is 0 Å². The smallest absolute Gasteiger partial charge is 0.0763 e. The normalized spacial score (nSPS) is 12.4. The molecule has 0 aliphatic carbocycles. The number of hydrogen-bond acceptors (Lipinski definition) is 2. The lowest BCUT2D eigenvalue weighted by Gasteiger charge is -2.08. The topological polar surface area (TPSA) is 43.1 Å². The van der Waals surface area contributed by atoms with Gasteiger partial charge in [0.05, 0.1) is 31.5 Å². The molecule has 1 unspecified atom stereocenters. The van der Waals surface area contributed by atoms with Crippen LogP contribution >= 0.6 is 34.8 Å². The van der Waals surface area contributed by atoms with Crippen LogP contribution in [0.4, 0.5) is 5.69 Å². The first-order valence-corrected chi connectivity index (χ1v) is 7.80. The molecule has 0 heterocycles. The summed E-state index contributed by atoms with van der Waals surface area (Å²) in [6, 6.07) is 10.1. The van der Waals surface area contributed by atoms with Crippen LogP contribution in [0, 0.1) is 0 Å². The van der Waals surface area contributed by atoms with E-state index in [0.29, 0.717) is 31.2 Å². The first kappa shape index (κ1) is 14.7. The second kappa shape index (κ2) is 6.14. The minimum atomic E-state index is -1.38. The Hall–Kier alpha value is -0.740. The van der Waals surface area contributed by atoms with Gasteiger partial charge in [0, 0.05) is 10.7 Å². The lowest BCUT2D eigenvalue weighted by atomic mass is 10.2. The fraction of sp³-hybridized carbons (Fsp3) is 0.0769. The minimum Gasteiger partial charge on any atom is -0.399 e. The maximum atomic E-state index is 12.4. The van der Waals surface area contributed by atoms with E-state index in [0.717, 1.165) is 0 Å². The van der Waals surface area contributed by atoms with Crippen molar-refractivity contribution in [3.63, 3.8) is 0 Å². The third-order valence-electron chi connectivity index (χ3n) is 2.50. The maximum absolute atomic E-state index is 12.4. The molecule has 0 fully saturated rings. The monoisotopic (exact) mass is 333 g/mol. The molecule has 2 nitrogen and oxygen atoms in total. The van der Waals surface area contributed by atoms with Gasteiger partial charge in [0.2, 0.25) is 0 Å². The van der Waals surface area contributed by atoms with Crippen molar-refractivity contribution in [2.45, 2.75) is 10.6 Å². The Morgan fingerprint density at radius 3 is 2.26 bits per heavy atom. The summed E-state index contributed by atoms with van der Waals surface area (Å²) in [6.45, 7) is 0. The number of rotatable bonds is 3. The molecule has 0 aliphatic rings. The highest BCUT2D eigenvalue weighted by atomic mass is 35.5. The summed E-state index contributed by atoms with van der Waals surface area (Å²) in [4.78, 5) is 0.421. The molecule has 0 saturated heterocycles. The Labute approximate surface area is 128 Å². The third-order valence-corrected chi connectivity index (χ3v) is 5.19. The Morgan fingerprint density at radius 1 is 1.00 bits per heavy atom. The maximum Gasteiger partial charge on any atom is 0.0763 e. The molecule has 2 aromatic rings. The summed E-state index contributed by atoms with van der Waals surface area (Å²) in [5.74, 6) is 0.216. The molecule has 6 heteroatoms. The van der Waals surface area contributed by atoms with Gasteiger partial charge in [-0.05, 0) is 35.9 Å². The van der Waals surface area contributed by atoms with E-state index in [4.69, 9.17) is 40.5 Å². The van der Waals surface area contributed by atoms with Gasteiger partial charge in [-0.1, -0.05) is 40.9 Å². The van der Waals surface area contributed by atoms with Gasteiger partial charge in [-0.3, -0.25) is 4.21 Å². The van der Waals surface area contributed by atoms with E-state index in [2.05, 4.69) is 0 Å². The van der Waals surface area contributed by atoms with Gasteiger partial charge in [0.25, 0.3) is 0 Å². The Morgan fingerprint density at radius 2 is 1.63 bits per heavy atom. The molecule has 1 atom stereocenters. The minimum absolute atomic E-state index is 0.216. The predicted molar refractivity (Wildman–Crippen MR) is 82.4 cm³/mol. The van der Waals surface area contributed by atoms with Crippen LogP contribution in [-0.2, 0) is 16.6 Å². The molecule has 0 spiro atoms. The van der Waals surface area contributed by atoms with E-state index in [1.807, 2.05) is 0 Å². The fourth-order valence-electron chi connectivity index (χ4n) is 1.62. The summed E-state index contributed by atoms with van der Waals surface area (Å²) in [6.07, 6.45) is 0. The molecule has 0 radical (unpaired) electrons. The molecular formula is C13H10Cl3NOS. The van der Waals surface area contributed by atoms with Crippen molar-refractivity contribution in [2.75, 3.05) is 5.73 Å². The van der Waals surface area contributed by atoms with Crippen molar-refractivity contribution in [3.05, 3.63) is 57.0 Å². The standard InChI is InChI=1S/C13H10Cl3NOS/c14-10-5-4-9(17)6-8(10)7-19(18)13-11(15)2-1-3-12(13)16/h1-6H,7,17H2. The van der Waals surface area contributed by atoms with E-state index < -0.39 is 10.8 Å². The second-order valence-corrected chi connectivity index (χ2v) is 6.50. The van der Waals surface area contributed by atoms with Gasteiger partial charge in [-0.25, -0.2) is 0 Å². The number of benzene rings is 2. The quantitative estimate of drug-likeness (QED) is 0.838. The van der Waals surface area contributed by atoms with Crippen molar-refractivity contribution < 1.29 is 4.21 Å². The van der Waals surface area contributed by atoms with E-state index in [-0.39, 0.29) is 5.75 Å². The van der Waals surface area contributed by atoms with Crippen LogP contribution in [0.15, 0.2) is 41.3 Å². The van der Waals surface area contributed by atoms with Crippen LogP contribution in [0.1, 0.15) is 5.56 Å². The van der Waals surface area contributed by atoms with Crippen LogP contribution < -0.4 is 5.73 Å². The van der Waals surface area contributed by atoms with Crippen LogP contribution in [0.5, 0.6) is 0 Å². The molecule has 2 aromatic carbocycles. The van der Waals surface area contributed by atoms with E-state index >= 15 is 0 Å². The van der Waals surface area contributed by atoms with Gasteiger partial charge in [-0.15, -0.1) is 0 Å². The van der Waals surface area contributed by atoms with Crippen LogP contribution in [-0.4, -0.2) is 4.21 Å². The highest BCUT2D eigenvalue weighted by Gasteiger charge is 2.15. The molecule has 100 valence electrons. The first-order chi connectivity index (χ1) is 8.99. The lowest BCUT2D eigenvalue weighted by molar-refractivity contribution is 0.682. The van der Waals surface area contributed by atoms with Crippen molar-refractivity contribution in [1.29, 1.82) is 0 Å². The fourth-order valence-corrected chi connectivity index (χ4v) is 4.03. The Bertz CT molecular complexity index is 626. The van der Waals surface area contributed by atoms with Crippen LogP contribution in [0.3, 0.4) is 0 Å². The van der Waals surface area contributed by atoms with Crippen LogP contribution in [0.2, 0.25) is 15.1 Å². The highest BCUT2D eigenvalue weighted by Crippen LogP contribution is 2.30. The van der Waals surface area contributed by atoms with Gasteiger partial charge in [0.1, 0.15) is 0 Å². The zero-order valence-electron chi connectivity index (χ0n) is 9.70. The first-order valence-electron chi connectivity index (χ1n) is 5.35. The Kier molecular flexibility index (Phi) is 4.74. The average molecular weight is 335 g/mol. The molecule has 0 amide bonds. The number of anilines is 1. The number of nitrogen functional groups attached to an aromatic ring is 1. The number of nitrogens with two attached hydrogens (primary N) is 1. The van der Waals surface area contributed by atoms with E-state index in [1.54, 1.807) is 36.4 Å². The van der Waals surface area contributed by atoms with E-state index in [9.17, 15) is 4.21 Å². The molecule has 2 rings (SSSR count). The predicted octanol–water partition coefficient (Wildman–Crippen LogP) is 4.54. The number of halogens is 3. The molecular weight excluding hydrogens is 325 g/mol. The summed E-state index contributed by atoms with van der Waals surface area (Å²) < 4.78 is 12.4. The molecule has 0 saturated carbocycles. The zero-order chi connectivity index (χ0) is 14.0. The molecule has 2 N–H and O–H groups in total. The van der Waals surface area contributed by atoms with Crippen molar-refractivity contribution in [3.8, 4) is 0 Å². The van der Waals surface area contributed by atoms with Crippen molar-refractivity contribution in [1.82, 2.24) is 0 Å². The van der Waals surface area contributed by atoms with E-state index in [1.165, 1.54) is 0 Å². The largest absolute Gasteiger partial charge is 0.399 e. The molecule has 19 heavy (non-hydrogen) atoms. The van der Waals surface area contributed by atoms with Gasteiger partial charge in [0.15, 0.2) is 0 Å². The third kappa shape index (κ3) is 3.42. The van der Waals surface area contributed by atoms with Crippen LogP contribution in [0.25, 0.3) is 0 Å². The Balaban J connectivity index is 2.34. The van der Waals surface area contributed by atoms with Gasteiger partial charge < -0.3 is 5.73 Å². The SMILES string of the molecule is Nc1ccc(Cl)c(CS(=O)c2c(Cl)cccc2Cl)c1. The molecule has 0 aromatic heterocycles. The number of hydrogen-bond donors (Lipinski definition) is 1. The van der Waals surface area contributed by atoms with Crippen molar-refractivity contribution >= 4 is 51.3 Å². The highest BCUT2D eigenvalue weighted by molar-refractivity contribution is 7.84.